The molecule has 1 aliphatic rings. The Morgan fingerprint density at radius 2 is 1.86 bits per heavy atom. The van der Waals surface area contributed by atoms with Crippen LogP contribution in [0.1, 0.15) is 12.0 Å². The molecule has 66 valence electrons. The van der Waals surface area contributed by atoms with Crippen molar-refractivity contribution in [2.75, 3.05) is 0 Å². The van der Waals surface area contributed by atoms with Crippen LogP contribution in [0, 0.1) is 4.83 Å². The van der Waals surface area contributed by atoms with Crippen molar-refractivity contribution in [3.8, 4) is 0 Å². The van der Waals surface area contributed by atoms with Gasteiger partial charge in [0.15, 0.2) is 0 Å². The van der Waals surface area contributed by atoms with Gasteiger partial charge in [0.2, 0.25) is 0 Å². The summed E-state index contributed by atoms with van der Waals surface area (Å²) < 4.78 is 0. The molecule has 0 saturated heterocycles. The van der Waals surface area contributed by atoms with Gasteiger partial charge in [-0.05, 0) is 5.56 Å². The van der Waals surface area contributed by atoms with Crippen LogP contribution in [0.2, 0.25) is 0 Å². The molecule has 0 unspecified atom stereocenters. The molecule has 0 spiro atoms. The maximum atomic E-state index is 3.47. The monoisotopic (exact) mass is 240 g/mol. The fourth-order valence-electron chi connectivity index (χ4n) is 1.37. The third-order valence-electron chi connectivity index (χ3n) is 2.07. The Labute approximate surface area is 105 Å². The normalized spacial score (nSPS) is 14.6. The number of rotatable bonds is 1. The Kier molecular flexibility index (Phi) is 4.61. The van der Waals surface area contributed by atoms with Gasteiger partial charge in [-0.1, -0.05) is 36.8 Å². The average molecular weight is 241 g/mol. The molecular formula is C12H10BrLi. The molecular weight excluding hydrogens is 231 g/mol. The van der Waals surface area contributed by atoms with Crippen molar-refractivity contribution in [1.82, 2.24) is 0 Å². The summed E-state index contributed by atoms with van der Waals surface area (Å²) in [5.41, 5.74) is 2.60. The summed E-state index contributed by atoms with van der Waals surface area (Å²) in [5, 5.41) is 0. The van der Waals surface area contributed by atoms with Gasteiger partial charge in [0.05, 0.1) is 0 Å². The fourth-order valence-corrected chi connectivity index (χ4v) is 1.66. The van der Waals surface area contributed by atoms with Crippen molar-refractivity contribution in [3.05, 3.63) is 59.0 Å². The first-order valence-electron chi connectivity index (χ1n) is 4.31. The van der Waals surface area contributed by atoms with Crippen LogP contribution >= 0.6 is 15.9 Å². The summed E-state index contributed by atoms with van der Waals surface area (Å²) in [6.07, 6.45) is 7.49. The van der Waals surface area contributed by atoms with Crippen LogP contribution in [0.4, 0.5) is 0 Å². The maximum absolute atomic E-state index is 3.47. The molecule has 1 aromatic carbocycles. The molecule has 0 heterocycles. The zero-order valence-electron chi connectivity index (χ0n) is 8.20. The van der Waals surface area contributed by atoms with Gasteiger partial charge in [-0.2, -0.15) is 15.9 Å². The first-order chi connectivity index (χ1) is 6.36. The van der Waals surface area contributed by atoms with Crippen molar-refractivity contribution in [2.45, 2.75) is 6.42 Å². The molecule has 0 N–H and O–H groups in total. The number of halogens is 1. The largest absolute Gasteiger partial charge is 1.00 e. The standard InChI is InChI=1S/C12H10Br.Li/c13-12-8-6-11(7-9-12)10-4-2-1-3-5-10;/h1-8H,9H2;/q-1;+1. The molecule has 0 nitrogen and oxygen atoms in total. The zero-order valence-corrected chi connectivity index (χ0v) is 9.79. The Morgan fingerprint density at radius 3 is 2.43 bits per heavy atom. The van der Waals surface area contributed by atoms with Crippen molar-refractivity contribution >= 4 is 21.5 Å². The number of allylic oxidation sites excluding steroid dienone is 4. The van der Waals surface area contributed by atoms with Gasteiger partial charge in [0.1, 0.15) is 0 Å². The van der Waals surface area contributed by atoms with Crippen molar-refractivity contribution in [1.29, 1.82) is 0 Å². The zero-order chi connectivity index (χ0) is 9.10. The Balaban J connectivity index is 0.000000980. The summed E-state index contributed by atoms with van der Waals surface area (Å²) in [6.45, 7) is 0. The third kappa shape index (κ3) is 2.82. The van der Waals surface area contributed by atoms with E-state index in [0.717, 1.165) is 6.42 Å². The second kappa shape index (κ2) is 5.51. The van der Waals surface area contributed by atoms with E-state index in [1.54, 1.807) is 0 Å². The molecule has 0 saturated carbocycles. The minimum absolute atomic E-state index is 0. The summed E-state index contributed by atoms with van der Waals surface area (Å²) in [7, 11) is 0. The van der Waals surface area contributed by atoms with Gasteiger partial charge in [-0.15, -0.1) is 16.5 Å². The summed E-state index contributed by atoms with van der Waals surface area (Å²) in [4.78, 5) is 1.24. The third-order valence-corrected chi connectivity index (χ3v) is 2.66. The minimum Gasteiger partial charge on any atom is -0.214 e. The molecule has 0 radical (unpaired) electrons. The van der Waals surface area contributed by atoms with Gasteiger partial charge < -0.3 is 0 Å². The molecule has 0 fully saturated rings. The average Bonchev–Trinajstić information content (AvgIpc) is 2.20. The first kappa shape index (κ1) is 11.7. The Bertz CT molecular complexity index is 341. The first-order valence-corrected chi connectivity index (χ1v) is 5.10. The van der Waals surface area contributed by atoms with Gasteiger partial charge >= 0.3 is 18.9 Å². The van der Waals surface area contributed by atoms with Crippen LogP contribution in [-0.2, 0) is 0 Å². The predicted octanol–water partition coefficient (Wildman–Crippen LogP) is 0.961. The molecule has 0 atom stereocenters. The molecule has 2 heteroatoms. The van der Waals surface area contributed by atoms with E-state index in [2.05, 4.69) is 58.4 Å². The summed E-state index contributed by atoms with van der Waals surface area (Å²) in [5.74, 6) is 0. The SMILES string of the molecule is Br[C-]1C=CC(c2ccccc2)=CC1.[Li+]. The van der Waals surface area contributed by atoms with Crippen LogP contribution in [0.5, 0.6) is 0 Å². The van der Waals surface area contributed by atoms with Gasteiger partial charge in [-0.3, -0.25) is 0 Å². The number of hydrogen-bond donors (Lipinski definition) is 0. The van der Waals surface area contributed by atoms with Crippen molar-refractivity contribution in [3.63, 3.8) is 0 Å². The van der Waals surface area contributed by atoms with Crippen LogP contribution in [0.15, 0.2) is 48.6 Å². The maximum Gasteiger partial charge on any atom is 1.00 e. The van der Waals surface area contributed by atoms with Crippen LogP contribution in [-0.4, -0.2) is 0 Å². The van der Waals surface area contributed by atoms with E-state index in [0.29, 0.717) is 0 Å². The molecule has 2 rings (SSSR count). The van der Waals surface area contributed by atoms with E-state index in [-0.39, 0.29) is 18.9 Å². The Hall–Kier alpha value is -0.353. The number of benzene rings is 1. The van der Waals surface area contributed by atoms with E-state index >= 15 is 0 Å². The van der Waals surface area contributed by atoms with Crippen LogP contribution < -0.4 is 18.9 Å². The summed E-state index contributed by atoms with van der Waals surface area (Å²) in [6, 6.07) is 10.4. The molecule has 0 amide bonds. The molecule has 14 heavy (non-hydrogen) atoms. The Morgan fingerprint density at radius 1 is 1.14 bits per heavy atom. The molecule has 0 aromatic heterocycles. The molecule has 1 aliphatic carbocycles. The van der Waals surface area contributed by atoms with E-state index in [1.165, 1.54) is 16.0 Å². The quantitative estimate of drug-likeness (QED) is 0.507. The van der Waals surface area contributed by atoms with Gasteiger partial charge in [0, 0.05) is 0 Å². The smallest absolute Gasteiger partial charge is 0.214 e. The van der Waals surface area contributed by atoms with Crippen molar-refractivity contribution < 1.29 is 18.9 Å². The van der Waals surface area contributed by atoms with Crippen LogP contribution in [0.3, 0.4) is 0 Å². The van der Waals surface area contributed by atoms with E-state index in [1.807, 2.05) is 6.07 Å². The topological polar surface area (TPSA) is 0 Å². The number of hydrogen-bond acceptors (Lipinski definition) is 0. The summed E-state index contributed by atoms with van der Waals surface area (Å²) >= 11 is 3.47. The predicted molar refractivity (Wildman–Crippen MR) is 60.3 cm³/mol. The molecule has 1 aromatic rings. The second-order valence-corrected chi connectivity index (χ2v) is 4.03. The van der Waals surface area contributed by atoms with Gasteiger partial charge in [0.25, 0.3) is 0 Å². The molecule has 0 bridgehead atoms. The minimum atomic E-state index is 0. The fraction of sp³-hybridized carbons (Fsp3) is 0.0833. The van der Waals surface area contributed by atoms with E-state index < -0.39 is 0 Å². The van der Waals surface area contributed by atoms with Crippen LogP contribution in [0.25, 0.3) is 5.57 Å². The second-order valence-electron chi connectivity index (χ2n) is 3.01. The van der Waals surface area contributed by atoms with Crippen molar-refractivity contribution in [2.24, 2.45) is 0 Å². The molecule has 0 aliphatic heterocycles. The van der Waals surface area contributed by atoms with E-state index in [9.17, 15) is 0 Å². The van der Waals surface area contributed by atoms with E-state index in [4.69, 9.17) is 0 Å². The van der Waals surface area contributed by atoms with Gasteiger partial charge in [-0.25, -0.2) is 12.2 Å².